The van der Waals surface area contributed by atoms with Crippen molar-refractivity contribution in [1.29, 1.82) is 0 Å². The van der Waals surface area contributed by atoms with Gasteiger partial charge in [-0.1, -0.05) is 0 Å². The molecule has 0 saturated heterocycles. The molecule has 0 aliphatic carbocycles. The van der Waals surface area contributed by atoms with Gasteiger partial charge in [0.05, 0.1) is 11.9 Å². The molecular formula is C12H11BrN4O. The first-order valence-electron chi connectivity index (χ1n) is 5.28. The molecule has 0 aliphatic rings. The topological polar surface area (TPSA) is 67.8 Å². The Labute approximate surface area is 113 Å². The molecule has 0 saturated carbocycles. The molecule has 0 aromatic carbocycles. The van der Waals surface area contributed by atoms with Gasteiger partial charge >= 0.3 is 0 Å². The molecule has 0 spiro atoms. The highest BCUT2D eigenvalue weighted by atomic mass is 79.9. The number of pyridine rings is 1. The van der Waals surface area contributed by atoms with Crippen molar-refractivity contribution in [2.75, 3.05) is 5.32 Å². The lowest BCUT2D eigenvalue weighted by Gasteiger charge is -2.05. The molecule has 0 radical (unpaired) electrons. The van der Waals surface area contributed by atoms with Gasteiger partial charge in [0.15, 0.2) is 0 Å². The number of carbonyl (C=O) groups excluding carboxylic acids is 1. The zero-order chi connectivity index (χ0) is 13.1. The first kappa shape index (κ1) is 12.6. The van der Waals surface area contributed by atoms with E-state index in [1.807, 2.05) is 13.8 Å². The van der Waals surface area contributed by atoms with Crippen LogP contribution in [0.3, 0.4) is 0 Å². The quantitative estimate of drug-likeness (QED) is 0.925. The van der Waals surface area contributed by atoms with Crippen LogP contribution in [-0.4, -0.2) is 20.9 Å². The number of carbonyl (C=O) groups is 1. The maximum absolute atomic E-state index is 11.9. The van der Waals surface area contributed by atoms with Crippen LogP contribution in [0.1, 0.15) is 21.7 Å². The van der Waals surface area contributed by atoms with Crippen LogP contribution in [0.5, 0.6) is 0 Å². The van der Waals surface area contributed by atoms with E-state index in [2.05, 4.69) is 36.2 Å². The lowest BCUT2D eigenvalue weighted by Crippen LogP contribution is -2.15. The zero-order valence-corrected chi connectivity index (χ0v) is 11.5. The minimum absolute atomic E-state index is 0.267. The highest BCUT2D eigenvalue weighted by Crippen LogP contribution is 2.17. The van der Waals surface area contributed by atoms with E-state index < -0.39 is 0 Å². The summed E-state index contributed by atoms with van der Waals surface area (Å²) in [6.45, 7) is 3.74. The molecular weight excluding hydrogens is 296 g/mol. The molecule has 2 aromatic rings. The fraction of sp³-hybridized carbons (Fsp3) is 0.167. The van der Waals surface area contributed by atoms with Crippen molar-refractivity contribution in [3.8, 4) is 0 Å². The minimum atomic E-state index is -0.322. The Morgan fingerprint density at radius 2 is 1.94 bits per heavy atom. The van der Waals surface area contributed by atoms with Gasteiger partial charge in [0.1, 0.15) is 11.5 Å². The molecule has 1 N–H and O–H groups in total. The predicted octanol–water partition coefficient (Wildman–Crippen LogP) is 2.50. The number of halogens is 1. The molecule has 1 amide bonds. The van der Waals surface area contributed by atoms with E-state index in [1.54, 1.807) is 18.5 Å². The van der Waals surface area contributed by atoms with Crippen LogP contribution in [0.4, 0.5) is 5.82 Å². The van der Waals surface area contributed by atoms with E-state index >= 15 is 0 Å². The lowest BCUT2D eigenvalue weighted by molar-refractivity contribution is 0.102. The maximum atomic E-state index is 11.9. The first-order valence-corrected chi connectivity index (χ1v) is 6.07. The van der Waals surface area contributed by atoms with E-state index in [9.17, 15) is 4.79 Å². The maximum Gasteiger partial charge on any atom is 0.277 e. The van der Waals surface area contributed by atoms with E-state index in [1.165, 1.54) is 6.20 Å². The van der Waals surface area contributed by atoms with E-state index in [0.717, 1.165) is 15.7 Å². The Balaban J connectivity index is 2.16. The fourth-order valence-corrected chi connectivity index (χ4v) is 1.51. The van der Waals surface area contributed by atoms with Crippen molar-refractivity contribution in [2.45, 2.75) is 13.8 Å². The number of anilines is 1. The summed E-state index contributed by atoms with van der Waals surface area (Å²) < 4.78 is 0.899. The van der Waals surface area contributed by atoms with E-state index in [4.69, 9.17) is 0 Å². The number of aryl methyl sites for hydroxylation is 2. The number of hydrogen-bond acceptors (Lipinski definition) is 4. The Kier molecular flexibility index (Phi) is 3.66. The summed E-state index contributed by atoms with van der Waals surface area (Å²) in [6, 6.07) is 1.78. The Morgan fingerprint density at radius 1 is 1.17 bits per heavy atom. The molecule has 0 unspecified atom stereocenters. The normalized spacial score (nSPS) is 10.2. The summed E-state index contributed by atoms with van der Waals surface area (Å²) in [4.78, 5) is 24.0. The second kappa shape index (κ2) is 5.22. The van der Waals surface area contributed by atoms with Gasteiger partial charge in [-0.15, -0.1) is 0 Å². The van der Waals surface area contributed by atoms with E-state index in [-0.39, 0.29) is 11.6 Å². The standard InChI is InChI=1S/C12H11BrN4O/c1-7-3-11(16-5-9(7)13)17-12(18)10-6-14-8(2)4-15-10/h3-6H,1-2H3,(H,16,17,18). The predicted molar refractivity (Wildman–Crippen MR) is 71.4 cm³/mol. The SMILES string of the molecule is Cc1cnc(C(=O)Nc2cc(C)c(Br)cn2)cn1. The molecule has 18 heavy (non-hydrogen) atoms. The molecule has 0 atom stereocenters. The third-order valence-corrected chi connectivity index (χ3v) is 3.13. The smallest absolute Gasteiger partial charge is 0.277 e. The van der Waals surface area contributed by atoms with Crippen molar-refractivity contribution in [2.24, 2.45) is 0 Å². The second-order valence-corrected chi connectivity index (χ2v) is 4.67. The molecule has 6 heteroatoms. The summed E-state index contributed by atoms with van der Waals surface area (Å²) in [5.74, 6) is 0.166. The largest absolute Gasteiger partial charge is 0.305 e. The first-order chi connectivity index (χ1) is 8.56. The number of rotatable bonds is 2. The summed E-state index contributed by atoms with van der Waals surface area (Å²) in [7, 11) is 0. The number of hydrogen-bond donors (Lipinski definition) is 1. The van der Waals surface area contributed by atoms with Gasteiger partial charge in [-0.25, -0.2) is 9.97 Å². The summed E-state index contributed by atoms with van der Waals surface area (Å²) in [5, 5.41) is 2.67. The van der Waals surface area contributed by atoms with Crippen LogP contribution in [-0.2, 0) is 0 Å². The molecule has 92 valence electrons. The van der Waals surface area contributed by atoms with Gasteiger partial charge in [-0.2, -0.15) is 0 Å². The summed E-state index contributed by atoms with van der Waals surface area (Å²) in [5.41, 5.74) is 2.03. The van der Waals surface area contributed by atoms with Crippen molar-refractivity contribution in [3.05, 3.63) is 46.1 Å². The van der Waals surface area contributed by atoms with Crippen molar-refractivity contribution in [3.63, 3.8) is 0 Å². The Morgan fingerprint density at radius 3 is 2.56 bits per heavy atom. The average Bonchev–Trinajstić information content (AvgIpc) is 2.34. The number of aromatic nitrogens is 3. The highest BCUT2D eigenvalue weighted by Gasteiger charge is 2.09. The average molecular weight is 307 g/mol. The van der Waals surface area contributed by atoms with Crippen molar-refractivity contribution in [1.82, 2.24) is 15.0 Å². The van der Waals surface area contributed by atoms with Gasteiger partial charge in [-0.05, 0) is 41.4 Å². The van der Waals surface area contributed by atoms with Gasteiger partial charge in [-0.3, -0.25) is 9.78 Å². The Bertz CT molecular complexity index is 583. The van der Waals surface area contributed by atoms with Gasteiger partial charge in [0, 0.05) is 16.9 Å². The fourth-order valence-electron chi connectivity index (χ4n) is 1.30. The zero-order valence-electron chi connectivity index (χ0n) is 9.94. The minimum Gasteiger partial charge on any atom is -0.305 e. The molecule has 2 aromatic heterocycles. The van der Waals surface area contributed by atoms with Gasteiger partial charge < -0.3 is 5.32 Å². The lowest BCUT2D eigenvalue weighted by atomic mass is 10.3. The van der Waals surface area contributed by atoms with Crippen molar-refractivity contribution >= 4 is 27.7 Å². The highest BCUT2D eigenvalue weighted by molar-refractivity contribution is 9.10. The third kappa shape index (κ3) is 2.89. The number of amides is 1. The molecule has 5 nitrogen and oxygen atoms in total. The number of nitrogens with zero attached hydrogens (tertiary/aromatic N) is 3. The number of nitrogens with one attached hydrogen (secondary N) is 1. The molecule has 0 aliphatic heterocycles. The van der Waals surface area contributed by atoms with Gasteiger partial charge in [0.25, 0.3) is 5.91 Å². The van der Waals surface area contributed by atoms with Crippen LogP contribution in [0.2, 0.25) is 0 Å². The molecule has 2 rings (SSSR count). The van der Waals surface area contributed by atoms with Crippen LogP contribution in [0, 0.1) is 13.8 Å². The van der Waals surface area contributed by atoms with Gasteiger partial charge in [0.2, 0.25) is 0 Å². The van der Waals surface area contributed by atoms with Crippen LogP contribution in [0.25, 0.3) is 0 Å². The monoisotopic (exact) mass is 306 g/mol. The summed E-state index contributed by atoms with van der Waals surface area (Å²) >= 11 is 3.35. The van der Waals surface area contributed by atoms with Crippen LogP contribution in [0.15, 0.2) is 29.1 Å². The summed E-state index contributed by atoms with van der Waals surface area (Å²) in [6.07, 6.45) is 4.64. The Hall–Kier alpha value is -1.82. The molecule has 0 bridgehead atoms. The third-order valence-electron chi connectivity index (χ3n) is 2.30. The van der Waals surface area contributed by atoms with Crippen LogP contribution >= 0.6 is 15.9 Å². The molecule has 2 heterocycles. The molecule has 0 fully saturated rings. The second-order valence-electron chi connectivity index (χ2n) is 3.82. The van der Waals surface area contributed by atoms with Crippen LogP contribution < -0.4 is 5.32 Å². The van der Waals surface area contributed by atoms with Crippen molar-refractivity contribution < 1.29 is 4.79 Å². The van der Waals surface area contributed by atoms with E-state index in [0.29, 0.717) is 5.82 Å².